The molecule has 0 spiro atoms. The monoisotopic (exact) mass is 377 g/mol. The molecule has 0 aliphatic heterocycles. The van der Waals surface area contributed by atoms with Crippen LogP contribution in [0.25, 0.3) is 11.5 Å². The molecule has 0 fully saturated rings. The number of aromatic nitrogens is 2. The van der Waals surface area contributed by atoms with Gasteiger partial charge in [0.25, 0.3) is 0 Å². The smallest absolute Gasteiger partial charge is 0.249 e. The number of hydrogen-bond donors (Lipinski definition) is 1. The van der Waals surface area contributed by atoms with Crippen LogP contribution >= 0.6 is 11.6 Å². The largest absolute Gasteiger partial charge is 0.419 e. The Labute approximate surface area is 150 Å². The van der Waals surface area contributed by atoms with Gasteiger partial charge in [-0.05, 0) is 36.2 Å². The molecule has 0 saturated heterocycles. The Balaban J connectivity index is 1.72. The van der Waals surface area contributed by atoms with Crippen LogP contribution in [0.15, 0.2) is 57.8 Å². The maximum absolute atomic E-state index is 12.3. The first-order valence-corrected chi connectivity index (χ1v) is 9.51. The van der Waals surface area contributed by atoms with E-state index in [1.54, 1.807) is 48.5 Å². The van der Waals surface area contributed by atoms with Gasteiger partial charge in [-0.15, -0.1) is 10.2 Å². The minimum Gasteiger partial charge on any atom is -0.419 e. The summed E-state index contributed by atoms with van der Waals surface area (Å²) in [6.07, 6.45) is 0.848. The van der Waals surface area contributed by atoms with Gasteiger partial charge in [-0.25, -0.2) is 13.1 Å². The molecule has 130 valence electrons. The molecular weight excluding hydrogens is 362 g/mol. The molecule has 0 atom stereocenters. The van der Waals surface area contributed by atoms with Crippen molar-refractivity contribution in [3.05, 3.63) is 65.0 Å². The lowest BCUT2D eigenvalue weighted by Crippen LogP contribution is -2.23. The van der Waals surface area contributed by atoms with Crippen LogP contribution in [-0.4, -0.2) is 18.6 Å². The molecule has 3 rings (SSSR count). The van der Waals surface area contributed by atoms with Crippen molar-refractivity contribution in [3.8, 4) is 11.5 Å². The highest BCUT2D eigenvalue weighted by Gasteiger charge is 2.16. The van der Waals surface area contributed by atoms with Gasteiger partial charge >= 0.3 is 0 Å². The van der Waals surface area contributed by atoms with Gasteiger partial charge in [0.2, 0.25) is 21.8 Å². The third-order valence-electron chi connectivity index (χ3n) is 3.63. The highest BCUT2D eigenvalue weighted by Crippen LogP contribution is 2.26. The fourth-order valence-electron chi connectivity index (χ4n) is 2.21. The molecule has 1 heterocycles. The van der Waals surface area contributed by atoms with E-state index >= 15 is 0 Å². The van der Waals surface area contributed by atoms with Crippen molar-refractivity contribution in [2.75, 3.05) is 0 Å². The topological polar surface area (TPSA) is 85.1 Å². The second-order valence-corrected chi connectivity index (χ2v) is 7.48. The summed E-state index contributed by atoms with van der Waals surface area (Å²) in [4.78, 5) is 0.190. The lowest BCUT2D eigenvalue weighted by molar-refractivity contribution is 0.494. The average Bonchev–Trinajstić information content (AvgIpc) is 3.09. The standard InChI is InChI=1S/C17H16ClN3O3S/c1-2-12-7-9-13(10-8-12)25(22,23)19-11-16-20-21-17(24-16)14-5-3-4-6-15(14)18/h3-10,19H,2,11H2,1H3. The molecule has 0 bridgehead atoms. The quantitative estimate of drug-likeness (QED) is 0.711. The van der Waals surface area contributed by atoms with E-state index in [-0.39, 0.29) is 23.2 Å². The first-order chi connectivity index (χ1) is 12.0. The van der Waals surface area contributed by atoms with E-state index in [2.05, 4.69) is 14.9 Å². The van der Waals surface area contributed by atoms with Crippen LogP contribution in [0, 0.1) is 0 Å². The lowest BCUT2D eigenvalue weighted by atomic mass is 10.2. The zero-order valence-corrected chi connectivity index (χ0v) is 15.0. The second kappa shape index (κ2) is 7.35. The Hall–Kier alpha value is -2.22. The van der Waals surface area contributed by atoms with E-state index in [9.17, 15) is 8.42 Å². The van der Waals surface area contributed by atoms with Gasteiger partial charge in [-0.1, -0.05) is 42.8 Å². The summed E-state index contributed by atoms with van der Waals surface area (Å²) >= 11 is 6.08. The van der Waals surface area contributed by atoms with Gasteiger partial charge in [0, 0.05) is 0 Å². The van der Waals surface area contributed by atoms with Crippen LogP contribution < -0.4 is 4.72 Å². The molecule has 25 heavy (non-hydrogen) atoms. The van der Waals surface area contributed by atoms with Crippen molar-refractivity contribution in [2.24, 2.45) is 0 Å². The molecular formula is C17H16ClN3O3S. The minimum absolute atomic E-state index is 0.102. The molecule has 1 N–H and O–H groups in total. The fourth-order valence-corrected chi connectivity index (χ4v) is 3.40. The van der Waals surface area contributed by atoms with Crippen molar-refractivity contribution in [2.45, 2.75) is 24.8 Å². The number of halogens is 1. The lowest BCUT2D eigenvalue weighted by Gasteiger charge is -2.05. The van der Waals surface area contributed by atoms with Crippen LogP contribution in [0.5, 0.6) is 0 Å². The number of nitrogens with zero attached hydrogens (tertiary/aromatic N) is 2. The Morgan fingerprint density at radius 3 is 2.48 bits per heavy atom. The highest BCUT2D eigenvalue weighted by molar-refractivity contribution is 7.89. The summed E-state index contributed by atoms with van der Waals surface area (Å²) in [6, 6.07) is 13.8. The number of aryl methyl sites for hydroxylation is 1. The van der Waals surface area contributed by atoms with Gasteiger partial charge in [0.15, 0.2) is 0 Å². The molecule has 0 radical (unpaired) electrons. The van der Waals surface area contributed by atoms with Crippen molar-refractivity contribution in [1.82, 2.24) is 14.9 Å². The second-order valence-electron chi connectivity index (χ2n) is 5.30. The minimum atomic E-state index is -3.65. The molecule has 0 amide bonds. The molecule has 0 aliphatic carbocycles. The zero-order valence-electron chi connectivity index (χ0n) is 13.4. The summed E-state index contributed by atoms with van der Waals surface area (Å²) in [6.45, 7) is 1.91. The normalized spacial score (nSPS) is 11.6. The third kappa shape index (κ3) is 4.07. The molecule has 0 aliphatic rings. The van der Waals surface area contributed by atoms with Gasteiger partial charge in [-0.3, -0.25) is 0 Å². The van der Waals surface area contributed by atoms with E-state index in [4.69, 9.17) is 16.0 Å². The van der Waals surface area contributed by atoms with Crippen LogP contribution in [0.3, 0.4) is 0 Å². The fraction of sp³-hybridized carbons (Fsp3) is 0.176. The predicted octanol–water partition coefficient (Wildman–Crippen LogP) is 3.43. The number of nitrogens with one attached hydrogen (secondary N) is 1. The number of benzene rings is 2. The van der Waals surface area contributed by atoms with E-state index in [0.29, 0.717) is 10.6 Å². The van der Waals surface area contributed by atoms with Crippen LogP contribution in [0.4, 0.5) is 0 Å². The summed E-state index contributed by atoms with van der Waals surface area (Å²) in [5.74, 6) is 0.399. The number of hydrogen-bond acceptors (Lipinski definition) is 5. The Kier molecular flexibility index (Phi) is 5.17. The molecule has 2 aromatic carbocycles. The van der Waals surface area contributed by atoms with E-state index in [1.807, 2.05) is 6.92 Å². The van der Waals surface area contributed by atoms with E-state index in [0.717, 1.165) is 12.0 Å². The first kappa shape index (κ1) is 17.6. The number of rotatable bonds is 6. The first-order valence-electron chi connectivity index (χ1n) is 7.65. The Bertz CT molecular complexity index is 969. The Morgan fingerprint density at radius 1 is 1.08 bits per heavy atom. The van der Waals surface area contributed by atoms with Crippen molar-refractivity contribution in [1.29, 1.82) is 0 Å². The van der Waals surface area contributed by atoms with Crippen molar-refractivity contribution in [3.63, 3.8) is 0 Å². The van der Waals surface area contributed by atoms with Crippen molar-refractivity contribution >= 4 is 21.6 Å². The Morgan fingerprint density at radius 2 is 1.80 bits per heavy atom. The SMILES string of the molecule is CCc1ccc(S(=O)(=O)NCc2nnc(-c3ccccc3Cl)o2)cc1. The summed E-state index contributed by atoms with van der Waals surface area (Å²) in [5.41, 5.74) is 1.67. The maximum Gasteiger partial charge on any atom is 0.249 e. The summed E-state index contributed by atoms with van der Waals surface area (Å²) in [5, 5.41) is 8.24. The van der Waals surface area contributed by atoms with Crippen LogP contribution in [0.2, 0.25) is 5.02 Å². The van der Waals surface area contributed by atoms with E-state index in [1.165, 1.54) is 0 Å². The summed E-state index contributed by atoms with van der Waals surface area (Å²) in [7, 11) is -3.65. The molecule has 3 aromatic rings. The third-order valence-corrected chi connectivity index (χ3v) is 5.37. The average molecular weight is 378 g/mol. The molecule has 8 heteroatoms. The van der Waals surface area contributed by atoms with Crippen LogP contribution in [0.1, 0.15) is 18.4 Å². The highest BCUT2D eigenvalue weighted by atomic mass is 35.5. The van der Waals surface area contributed by atoms with Crippen LogP contribution in [-0.2, 0) is 23.0 Å². The number of sulfonamides is 1. The van der Waals surface area contributed by atoms with Gasteiger partial charge in [-0.2, -0.15) is 0 Å². The van der Waals surface area contributed by atoms with Gasteiger partial charge < -0.3 is 4.42 Å². The maximum atomic E-state index is 12.3. The van der Waals surface area contributed by atoms with Gasteiger partial charge in [0.05, 0.1) is 22.0 Å². The van der Waals surface area contributed by atoms with E-state index < -0.39 is 10.0 Å². The van der Waals surface area contributed by atoms with Gasteiger partial charge in [0.1, 0.15) is 0 Å². The van der Waals surface area contributed by atoms with Crippen molar-refractivity contribution < 1.29 is 12.8 Å². The predicted molar refractivity (Wildman–Crippen MR) is 94.6 cm³/mol. The zero-order chi connectivity index (χ0) is 17.9. The molecule has 6 nitrogen and oxygen atoms in total. The molecule has 0 saturated carbocycles. The molecule has 0 unspecified atom stereocenters. The summed E-state index contributed by atoms with van der Waals surface area (Å²) < 4.78 is 32.6. The molecule has 1 aromatic heterocycles.